The third-order valence-corrected chi connectivity index (χ3v) is 3.63. The Labute approximate surface area is 122 Å². The average Bonchev–Trinajstić information content (AvgIpc) is 2.45. The number of amides is 4. The minimum atomic E-state index is -0.856. The molecule has 1 fully saturated rings. The van der Waals surface area contributed by atoms with E-state index in [-0.39, 0.29) is 6.54 Å². The van der Waals surface area contributed by atoms with E-state index in [9.17, 15) is 19.2 Å². The van der Waals surface area contributed by atoms with E-state index in [2.05, 4.69) is 5.32 Å². The van der Waals surface area contributed by atoms with Crippen molar-refractivity contribution >= 4 is 35.9 Å². The van der Waals surface area contributed by atoms with Crippen LogP contribution in [0.5, 0.6) is 0 Å². The summed E-state index contributed by atoms with van der Waals surface area (Å²) < 4.78 is 0. The Kier molecular flexibility index (Phi) is 6.50. The molecule has 1 heterocycles. The van der Waals surface area contributed by atoms with Crippen LogP contribution < -0.4 is 5.32 Å². The molecule has 1 rings (SSSR count). The van der Waals surface area contributed by atoms with Crippen molar-refractivity contribution in [2.75, 3.05) is 31.6 Å². The van der Waals surface area contributed by atoms with E-state index in [0.717, 1.165) is 4.90 Å². The maximum atomic E-state index is 11.9. The first-order chi connectivity index (χ1) is 9.54. The van der Waals surface area contributed by atoms with Crippen molar-refractivity contribution in [1.29, 1.82) is 0 Å². The van der Waals surface area contributed by atoms with Crippen LogP contribution in [0.3, 0.4) is 0 Å². The molecule has 0 aromatic rings. The Morgan fingerprint density at radius 3 is 2.65 bits per heavy atom. The zero-order valence-electron chi connectivity index (χ0n) is 11.5. The molecule has 1 N–H and O–H groups in total. The zero-order valence-corrected chi connectivity index (χ0v) is 12.4. The Morgan fingerprint density at radius 2 is 2.10 bits per heavy atom. The number of thioether (sulfide) groups is 1. The molecule has 20 heavy (non-hydrogen) atoms. The van der Waals surface area contributed by atoms with Gasteiger partial charge in [0.2, 0.25) is 6.29 Å². The van der Waals surface area contributed by atoms with Gasteiger partial charge in [-0.3, -0.25) is 19.3 Å². The van der Waals surface area contributed by atoms with E-state index in [1.807, 2.05) is 6.26 Å². The molecule has 1 atom stereocenters. The molecular weight excluding hydrogens is 282 g/mol. The first-order valence-electron chi connectivity index (χ1n) is 6.33. The molecule has 0 aliphatic carbocycles. The van der Waals surface area contributed by atoms with Gasteiger partial charge in [-0.05, 0) is 25.4 Å². The number of piperazine rings is 1. The van der Waals surface area contributed by atoms with Crippen molar-refractivity contribution in [2.45, 2.75) is 19.4 Å². The van der Waals surface area contributed by atoms with Crippen molar-refractivity contribution in [3.8, 4) is 0 Å². The van der Waals surface area contributed by atoms with E-state index < -0.39 is 23.9 Å². The van der Waals surface area contributed by atoms with E-state index in [1.54, 1.807) is 25.0 Å². The fraction of sp³-hybridized carbons (Fsp3) is 0.667. The first-order valence-corrected chi connectivity index (χ1v) is 7.72. The van der Waals surface area contributed by atoms with Crippen molar-refractivity contribution in [1.82, 2.24) is 15.1 Å². The van der Waals surface area contributed by atoms with Crippen LogP contribution in [0.25, 0.3) is 0 Å². The summed E-state index contributed by atoms with van der Waals surface area (Å²) in [6.45, 7) is 2.65. The van der Waals surface area contributed by atoms with Crippen LogP contribution in [-0.4, -0.2) is 71.6 Å². The van der Waals surface area contributed by atoms with Gasteiger partial charge in [0.05, 0.1) is 6.04 Å². The van der Waals surface area contributed by atoms with Crippen LogP contribution in [0.1, 0.15) is 13.3 Å². The molecule has 0 saturated carbocycles. The van der Waals surface area contributed by atoms with Crippen LogP contribution >= 0.6 is 11.8 Å². The summed E-state index contributed by atoms with van der Waals surface area (Å²) in [4.78, 5) is 48.4. The number of imide groups is 1. The standard InChI is InChI=1S/C12H18N3O4S/c1-3-14-5-6-15(11(18)10(14)17)12(19)13-9(8-16)4-7-20-2/h9H,3-7H2,1-2H3,(H,13,19)/t9-/m0/s1. The maximum absolute atomic E-state index is 11.9. The molecule has 0 aromatic heterocycles. The third-order valence-electron chi connectivity index (χ3n) is 2.99. The van der Waals surface area contributed by atoms with Crippen molar-refractivity contribution in [3.05, 3.63) is 0 Å². The number of carbonyl (C=O) groups excluding carboxylic acids is 4. The molecule has 1 aliphatic heterocycles. The van der Waals surface area contributed by atoms with Gasteiger partial charge in [0.15, 0.2) is 0 Å². The molecule has 0 aromatic carbocycles. The number of urea groups is 1. The second kappa shape index (κ2) is 7.88. The minimum Gasteiger partial charge on any atom is -0.333 e. The van der Waals surface area contributed by atoms with Crippen molar-refractivity contribution in [3.63, 3.8) is 0 Å². The van der Waals surface area contributed by atoms with Crippen LogP contribution in [0.15, 0.2) is 0 Å². The summed E-state index contributed by atoms with van der Waals surface area (Å²) in [5.41, 5.74) is 0. The molecule has 1 radical (unpaired) electrons. The summed E-state index contributed by atoms with van der Waals surface area (Å²) in [7, 11) is 0. The van der Waals surface area contributed by atoms with Gasteiger partial charge >= 0.3 is 17.8 Å². The highest BCUT2D eigenvalue weighted by Crippen LogP contribution is 2.06. The van der Waals surface area contributed by atoms with Gasteiger partial charge in [0.25, 0.3) is 0 Å². The number of likely N-dealkylation sites (N-methyl/N-ethyl adjacent to an activating group) is 1. The number of hydrogen-bond donors (Lipinski definition) is 1. The molecule has 8 heteroatoms. The second-order valence-electron chi connectivity index (χ2n) is 4.24. The molecule has 1 aliphatic rings. The summed E-state index contributed by atoms with van der Waals surface area (Å²) in [5, 5.41) is 2.41. The lowest BCUT2D eigenvalue weighted by molar-refractivity contribution is -0.153. The van der Waals surface area contributed by atoms with E-state index in [0.29, 0.717) is 25.3 Å². The normalized spacial score (nSPS) is 17.1. The molecule has 0 bridgehead atoms. The highest BCUT2D eigenvalue weighted by Gasteiger charge is 2.35. The Hall–Kier alpha value is -1.57. The SMILES string of the molecule is CCN1CCN(C(=O)N[C@H]([C]=O)CCSC)C(=O)C1=O. The summed E-state index contributed by atoms with van der Waals surface area (Å²) in [5.74, 6) is -0.855. The Balaban J connectivity index is 2.61. The highest BCUT2D eigenvalue weighted by molar-refractivity contribution is 7.98. The zero-order chi connectivity index (χ0) is 15.1. The molecule has 4 amide bonds. The fourth-order valence-electron chi connectivity index (χ4n) is 1.79. The number of hydrogen-bond acceptors (Lipinski definition) is 5. The van der Waals surface area contributed by atoms with E-state index in [1.165, 1.54) is 4.90 Å². The van der Waals surface area contributed by atoms with Crippen molar-refractivity contribution < 1.29 is 19.2 Å². The molecule has 0 unspecified atom stereocenters. The predicted octanol–water partition coefficient (Wildman–Crippen LogP) is -0.382. The van der Waals surface area contributed by atoms with Gasteiger partial charge in [0.1, 0.15) is 0 Å². The molecular formula is C12H18N3O4S. The summed E-state index contributed by atoms with van der Waals surface area (Å²) >= 11 is 1.54. The summed E-state index contributed by atoms with van der Waals surface area (Å²) in [6, 6.07) is -1.48. The van der Waals surface area contributed by atoms with Gasteiger partial charge in [-0.25, -0.2) is 4.79 Å². The van der Waals surface area contributed by atoms with Crippen LogP contribution in [0.4, 0.5) is 4.79 Å². The van der Waals surface area contributed by atoms with Crippen molar-refractivity contribution in [2.24, 2.45) is 0 Å². The van der Waals surface area contributed by atoms with Crippen LogP contribution in [-0.2, 0) is 14.4 Å². The molecule has 0 spiro atoms. The average molecular weight is 300 g/mol. The molecule has 111 valence electrons. The second-order valence-corrected chi connectivity index (χ2v) is 5.23. The third kappa shape index (κ3) is 3.96. The summed E-state index contributed by atoms with van der Waals surface area (Å²) in [6.07, 6.45) is 4.05. The smallest absolute Gasteiger partial charge is 0.325 e. The lowest BCUT2D eigenvalue weighted by Crippen LogP contribution is -2.59. The monoisotopic (exact) mass is 300 g/mol. The lowest BCUT2D eigenvalue weighted by atomic mass is 10.2. The quantitative estimate of drug-likeness (QED) is 0.676. The Morgan fingerprint density at radius 1 is 1.40 bits per heavy atom. The molecule has 7 nitrogen and oxygen atoms in total. The maximum Gasteiger partial charge on any atom is 0.325 e. The highest BCUT2D eigenvalue weighted by atomic mass is 32.2. The minimum absolute atomic E-state index is 0.137. The van der Waals surface area contributed by atoms with Gasteiger partial charge in [0, 0.05) is 19.6 Å². The van der Waals surface area contributed by atoms with Crippen LogP contribution in [0, 0.1) is 0 Å². The van der Waals surface area contributed by atoms with Gasteiger partial charge < -0.3 is 10.2 Å². The van der Waals surface area contributed by atoms with Gasteiger partial charge in [-0.1, -0.05) is 0 Å². The topological polar surface area (TPSA) is 86.8 Å². The predicted molar refractivity (Wildman–Crippen MR) is 75.0 cm³/mol. The molecule has 1 saturated heterocycles. The largest absolute Gasteiger partial charge is 0.333 e. The number of nitrogens with one attached hydrogen (secondary N) is 1. The number of nitrogens with zero attached hydrogens (tertiary/aromatic N) is 2. The van der Waals surface area contributed by atoms with Gasteiger partial charge in [-0.15, -0.1) is 0 Å². The first kappa shape index (κ1) is 16.5. The fourth-order valence-corrected chi connectivity index (χ4v) is 2.26. The van der Waals surface area contributed by atoms with Crippen LogP contribution in [0.2, 0.25) is 0 Å². The number of carbonyl (C=O) groups is 3. The van der Waals surface area contributed by atoms with E-state index >= 15 is 0 Å². The Bertz CT molecular complexity index is 402. The van der Waals surface area contributed by atoms with E-state index in [4.69, 9.17) is 0 Å². The lowest BCUT2D eigenvalue weighted by Gasteiger charge is -2.32. The number of rotatable bonds is 6. The van der Waals surface area contributed by atoms with Gasteiger partial charge in [-0.2, -0.15) is 11.8 Å².